The quantitative estimate of drug-likeness (QED) is 0.438. The molecule has 2 nitrogen and oxygen atoms in total. The SMILES string of the molecule is CCc1ccc(C(=S)C=Cc2c(OC)cccc2OC)cc1. The van der Waals surface area contributed by atoms with E-state index in [1.54, 1.807) is 14.2 Å². The number of thiocarbonyl (C=S) groups is 1. The number of benzene rings is 2. The highest BCUT2D eigenvalue weighted by Crippen LogP contribution is 2.29. The van der Waals surface area contributed by atoms with Gasteiger partial charge in [-0.1, -0.05) is 49.5 Å². The standard InChI is InChI=1S/C19H20O2S/c1-4-14-8-10-15(11-9-14)19(22)13-12-16-17(20-2)6-5-7-18(16)21-3/h5-13H,4H2,1-3H3. The molecule has 0 N–H and O–H groups in total. The van der Waals surface area contributed by atoms with E-state index in [4.69, 9.17) is 21.7 Å². The van der Waals surface area contributed by atoms with Gasteiger partial charge in [0.15, 0.2) is 0 Å². The minimum absolute atomic E-state index is 0.764. The lowest BCUT2D eigenvalue weighted by Gasteiger charge is -2.09. The van der Waals surface area contributed by atoms with Gasteiger partial charge in [0.05, 0.1) is 19.8 Å². The third-order valence-corrected chi connectivity index (χ3v) is 3.89. The number of methoxy groups -OCH3 is 2. The molecule has 0 aliphatic carbocycles. The lowest BCUT2D eigenvalue weighted by molar-refractivity contribution is 0.392. The lowest BCUT2D eigenvalue weighted by Crippen LogP contribution is -1.95. The first-order valence-electron chi connectivity index (χ1n) is 7.22. The number of hydrogen-bond donors (Lipinski definition) is 0. The van der Waals surface area contributed by atoms with Crippen LogP contribution in [0.2, 0.25) is 0 Å². The smallest absolute Gasteiger partial charge is 0.129 e. The van der Waals surface area contributed by atoms with E-state index in [0.29, 0.717) is 0 Å². The summed E-state index contributed by atoms with van der Waals surface area (Å²) in [7, 11) is 3.29. The molecular formula is C19H20O2S. The third kappa shape index (κ3) is 3.74. The first-order valence-corrected chi connectivity index (χ1v) is 7.62. The van der Waals surface area contributed by atoms with Crippen molar-refractivity contribution in [3.63, 3.8) is 0 Å². The normalized spacial score (nSPS) is 10.7. The molecule has 0 unspecified atom stereocenters. The van der Waals surface area contributed by atoms with Gasteiger partial charge >= 0.3 is 0 Å². The average Bonchev–Trinajstić information content (AvgIpc) is 2.59. The monoisotopic (exact) mass is 312 g/mol. The summed E-state index contributed by atoms with van der Waals surface area (Å²) in [6, 6.07) is 14.0. The molecule has 2 aromatic rings. The zero-order valence-electron chi connectivity index (χ0n) is 13.1. The fourth-order valence-corrected chi connectivity index (χ4v) is 2.41. The largest absolute Gasteiger partial charge is 0.496 e. The van der Waals surface area contributed by atoms with Crippen LogP contribution in [0.3, 0.4) is 0 Å². The molecule has 0 amide bonds. The summed E-state index contributed by atoms with van der Waals surface area (Å²) in [4.78, 5) is 0.788. The van der Waals surface area contributed by atoms with Crippen LogP contribution in [0.4, 0.5) is 0 Å². The fourth-order valence-electron chi connectivity index (χ4n) is 2.20. The predicted molar refractivity (Wildman–Crippen MR) is 96.1 cm³/mol. The predicted octanol–water partition coefficient (Wildman–Crippen LogP) is 4.70. The van der Waals surface area contributed by atoms with Crippen molar-refractivity contribution >= 4 is 23.2 Å². The van der Waals surface area contributed by atoms with Crippen LogP contribution in [0.1, 0.15) is 23.6 Å². The Labute approximate surface area is 137 Å². The average molecular weight is 312 g/mol. The van der Waals surface area contributed by atoms with Crippen LogP contribution in [-0.4, -0.2) is 19.1 Å². The Morgan fingerprint density at radius 1 is 1.00 bits per heavy atom. The Hall–Kier alpha value is -2.13. The minimum atomic E-state index is 0.764. The molecule has 2 aromatic carbocycles. The Morgan fingerprint density at radius 2 is 1.59 bits per heavy atom. The molecule has 114 valence electrons. The zero-order chi connectivity index (χ0) is 15.9. The summed E-state index contributed by atoms with van der Waals surface area (Å²) in [5, 5.41) is 0. The molecule has 22 heavy (non-hydrogen) atoms. The third-order valence-electron chi connectivity index (χ3n) is 3.51. The maximum absolute atomic E-state index is 5.49. The summed E-state index contributed by atoms with van der Waals surface area (Å²) >= 11 is 5.49. The highest BCUT2D eigenvalue weighted by Gasteiger charge is 2.06. The van der Waals surface area contributed by atoms with Crippen LogP contribution < -0.4 is 9.47 Å². The van der Waals surface area contributed by atoms with E-state index in [9.17, 15) is 0 Å². The molecule has 0 aromatic heterocycles. The van der Waals surface area contributed by atoms with Crippen molar-refractivity contribution < 1.29 is 9.47 Å². The van der Waals surface area contributed by atoms with Gasteiger partial charge in [0.1, 0.15) is 11.5 Å². The van der Waals surface area contributed by atoms with E-state index in [2.05, 4.69) is 31.2 Å². The van der Waals surface area contributed by atoms with Gasteiger partial charge in [-0.25, -0.2) is 0 Å². The van der Waals surface area contributed by atoms with Gasteiger partial charge in [-0.3, -0.25) is 0 Å². The number of ether oxygens (including phenoxy) is 2. The molecule has 0 saturated carbocycles. The molecule has 0 aliphatic heterocycles. The van der Waals surface area contributed by atoms with Crippen molar-refractivity contribution in [2.45, 2.75) is 13.3 Å². The summed E-state index contributed by atoms with van der Waals surface area (Å²) in [5.41, 5.74) is 3.24. The summed E-state index contributed by atoms with van der Waals surface area (Å²) in [5.74, 6) is 1.53. The van der Waals surface area contributed by atoms with Gasteiger partial charge in [-0.15, -0.1) is 0 Å². The van der Waals surface area contributed by atoms with Gasteiger partial charge in [-0.05, 0) is 41.8 Å². The second-order valence-electron chi connectivity index (χ2n) is 4.82. The van der Waals surface area contributed by atoms with Gasteiger partial charge < -0.3 is 9.47 Å². The van der Waals surface area contributed by atoms with E-state index in [0.717, 1.165) is 33.9 Å². The Bertz CT molecular complexity index is 650. The first-order chi connectivity index (χ1) is 10.7. The lowest BCUT2D eigenvalue weighted by atomic mass is 10.1. The van der Waals surface area contributed by atoms with Crippen LogP contribution in [0, 0.1) is 0 Å². The number of aryl methyl sites for hydroxylation is 1. The Balaban J connectivity index is 2.25. The maximum Gasteiger partial charge on any atom is 0.129 e. The summed E-state index contributed by atoms with van der Waals surface area (Å²) in [6.07, 6.45) is 4.88. The molecule has 2 rings (SSSR count). The van der Waals surface area contributed by atoms with E-state index in [-0.39, 0.29) is 0 Å². The number of hydrogen-bond acceptors (Lipinski definition) is 3. The van der Waals surface area contributed by atoms with Crippen molar-refractivity contribution in [3.05, 3.63) is 65.2 Å². The Kier molecular flexibility index (Phi) is 5.73. The van der Waals surface area contributed by atoms with Crippen LogP contribution in [0.15, 0.2) is 48.5 Å². The highest BCUT2D eigenvalue weighted by molar-refractivity contribution is 7.81. The van der Waals surface area contributed by atoms with Crippen LogP contribution in [0.25, 0.3) is 6.08 Å². The molecule has 0 heterocycles. The summed E-state index contributed by atoms with van der Waals surface area (Å²) < 4.78 is 10.8. The van der Waals surface area contributed by atoms with E-state index < -0.39 is 0 Å². The molecule has 0 radical (unpaired) electrons. The Morgan fingerprint density at radius 3 is 2.09 bits per heavy atom. The zero-order valence-corrected chi connectivity index (χ0v) is 13.9. The fraction of sp³-hybridized carbons (Fsp3) is 0.211. The van der Waals surface area contributed by atoms with Gasteiger partial charge in [-0.2, -0.15) is 0 Å². The van der Waals surface area contributed by atoms with Gasteiger partial charge in [0, 0.05) is 4.86 Å². The molecule has 0 bridgehead atoms. The summed E-state index contributed by atoms with van der Waals surface area (Å²) in [6.45, 7) is 2.14. The van der Waals surface area contributed by atoms with E-state index in [1.165, 1.54) is 5.56 Å². The highest BCUT2D eigenvalue weighted by atomic mass is 32.1. The van der Waals surface area contributed by atoms with Crippen molar-refractivity contribution in [1.29, 1.82) is 0 Å². The molecule has 0 fully saturated rings. The molecule has 0 saturated heterocycles. The minimum Gasteiger partial charge on any atom is -0.496 e. The van der Waals surface area contributed by atoms with Gasteiger partial charge in [0.2, 0.25) is 0 Å². The van der Waals surface area contributed by atoms with Crippen molar-refractivity contribution in [2.24, 2.45) is 0 Å². The van der Waals surface area contributed by atoms with Crippen molar-refractivity contribution in [1.82, 2.24) is 0 Å². The second kappa shape index (κ2) is 7.76. The second-order valence-corrected chi connectivity index (χ2v) is 5.26. The van der Waals surface area contributed by atoms with Crippen LogP contribution >= 0.6 is 12.2 Å². The molecule has 3 heteroatoms. The molecule has 0 spiro atoms. The first kappa shape index (κ1) is 16.2. The molecule has 0 aliphatic rings. The number of allylic oxidation sites excluding steroid dienone is 1. The maximum atomic E-state index is 5.49. The van der Waals surface area contributed by atoms with Crippen LogP contribution in [-0.2, 0) is 6.42 Å². The van der Waals surface area contributed by atoms with Crippen LogP contribution in [0.5, 0.6) is 11.5 Å². The van der Waals surface area contributed by atoms with Crippen molar-refractivity contribution in [2.75, 3.05) is 14.2 Å². The van der Waals surface area contributed by atoms with E-state index in [1.807, 2.05) is 30.4 Å². The van der Waals surface area contributed by atoms with Crippen molar-refractivity contribution in [3.8, 4) is 11.5 Å². The van der Waals surface area contributed by atoms with E-state index >= 15 is 0 Å². The van der Waals surface area contributed by atoms with Gasteiger partial charge in [0.25, 0.3) is 0 Å². The molecular weight excluding hydrogens is 292 g/mol. The topological polar surface area (TPSA) is 18.5 Å². The molecule has 0 atom stereocenters. The number of rotatable bonds is 6.